The number of ether oxygens (including phenoxy) is 8. The lowest BCUT2D eigenvalue weighted by Gasteiger charge is -2.39. The Balaban J connectivity index is 0.668. The Morgan fingerprint density at radius 3 is 1.50 bits per heavy atom. The topological polar surface area (TPSA) is 623 Å². The Labute approximate surface area is 688 Å². The number of aromatic nitrogens is 16. The molecule has 8 unspecified atom stereocenters. The van der Waals surface area contributed by atoms with Crippen LogP contribution in [-0.2, 0) is 135 Å². The monoisotopic (exact) mass is 1840 g/mol. The molecular weight excluding hydrogens is 1770 g/mol. The van der Waals surface area contributed by atoms with E-state index in [1.165, 1.54) is 79.1 Å². The summed E-state index contributed by atoms with van der Waals surface area (Å²) in [5.41, 5.74) is 8.58. The lowest BCUT2D eigenvalue weighted by molar-refractivity contribution is -0.217. The zero-order valence-corrected chi connectivity index (χ0v) is 71.4. The van der Waals surface area contributed by atoms with Crippen molar-refractivity contribution in [3.63, 3.8) is 0 Å². The van der Waals surface area contributed by atoms with Gasteiger partial charge in [0.1, 0.15) is 89.9 Å². The second kappa shape index (κ2) is 31.5. The third kappa shape index (κ3) is 15.7. The van der Waals surface area contributed by atoms with Gasteiger partial charge < -0.3 is 102 Å². The second-order valence-corrected chi connectivity index (χ2v) is 43.7. The first kappa shape index (κ1) is 85.9. The SMILES string of the molecule is COP(O)(=S)O[C@@H]1C[C@H](n2cc(C)c(=O)[nH]c2=O)O[C@@H]1COP(O)(=S)O[C@@H]1C[C@H](n2cnc3c(=O)[nH]c(N)nc32)O[C@@H]1COP(O)(=S)O[C@@H]1C2O[C@@H](C)[C@]1(COP(=O)(S)O[C@@H]1C3O[C@@H](C)[C@]1(COP(O)(=S)O[C@@H]1C4O[C@@H](C)[C@]1(CC(C)C)O[C@H]4n1cnc4c(=O)[nH]c(N)nc41)O[C@H]3n1cc(C)c(=O)[nH]c1=O)O[C@H]2n1cnc2c(N)ncnc21. The van der Waals surface area contributed by atoms with Gasteiger partial charge >= 0.3 is 45.1 Å². The van der Waals surface area contributed by atoms with Crippen molar-refractivity contribution in [2.75, 3.05) is 50.7 Å². The summed E-state index contributed by atoms with van der Waals surface area (Å²) in [6.07, 6.45) is -15.4. The number of fused-ring (bicyclic) bond motifs is 9. The van der Waals surface area contributed by atoms with Crippen molar-refractivity contribution in [3.05, 3.63) is 111 Å². The Morgan fingerprint density at radius 1 is 0.534 bits per heavy atom. The van der Waals surface area contributed by atoms with Crippen LogP contribution in [0.15, 0.2) is 66.5 Å². The number of nitrogens with zero attached hydrogens (tertiary/aromatic N) is 12. The number of hydrogen-bond acceptors (Lipinski definition) is 39. The first-order valence-electron chi connectivity index (χ1n) is 36.0. The fraction of sp³-hybridized carbons (Fsp3) is 0.617. The largest absolute Gasteiger partial charge is 0.386 e. The molecule has 16 heterocycles. The maximum absolute atomic E-state index is 15.6. The van der Waals surface area contributed by atoms with Crippen LogP contribution in [0.3, 0.4) is 0 Å². The van der Waals surface area contributed by atoms with E-state index in [9.17, 15) is 48.3 Å². The zero-order valence-electron chi connectivity index (χ0n) is 62.8. The fourth-order valence-electron chi connectivity index (χ4n) is 16.2. The number of nitrogens with one attached hydrogen (secondary N) is 4. The molecule has 0 saturated carbocycles. The normalized spacial score (nSPS) is 34.3. The molecule has 0 aromatic carbocycles. The second-order valence-electron chi connectivity index (χ2n) is 29.6. The van der Waals surface area contributed by atoms with Crippen LogP contribution in [0.4, 0.5) is 17.7 Å². The minimum atomic E-state index is -5.01. The first-order chi connectivity index (χ1) is 55.5. The molecule has 0 aliphatic carbocycles. The predicted molar refractivity (Wildman–Crippen MR) is 423 cm³/mol. The number of imidazole rings is 3. The van der Waals surface area contributed by atoms with Gasteiger partial charge in [-0.1, -0.05) is 26.1 Å². The summed E-state index contributed by atoms with van der Waals surface area (Å²) in [7, 11) is 1.11. The number of rotatable bonds is 30. The van der Waals surface area contributed by atoms with E-state index >= 15 is 4.57 Å². The van der Waals surface area contributed by atoms with E-state index in [-0.39, 0.29) is 87.5 Å². The Bertz CT molecular complexity index is 5960. The van der Waals surface area contributed by atoms with Crippen LogP contribution in [0.1, 0.15) is 96.1 Å². The van der Waals surface area contributed by atoms with E-state index in [4.69, 9.17) is 148 Å². The first-order valence-corrected chi connectivity index (χ1v) is 49.1. The molecule has 0 radical (unpaired) electrons. The van der Waals surface area contributed by atoms with Crippen molar-refractivity contribution in [2.24, 2.45) is 5.92 Å². The van der Waals surface area contributed by atoms with E-state index in [0.717, 1.165) is 16.2 Å². The minimum absolute atomic E-state index is 0.0196. The molecule has 642 valence electrons. The quantitative estimate of drug-likeness (QED) is 0.0220. The molecule has 118 heavy (non-hydrogen) atoms. The molecule has 48 nitrogen and oxygen atoms in total. The smallest absolute Gasteiger partial charge is 0.382 e. The van der Waals surface area contributed by atoms with Crippen molar-refractivity contribution >= 4 is 144 Å². The highest BCUT2D eigenvalue weighted by Gasteiger charge is 2.72. The molecule has 8 aliphatic heterocycles. The molecule has 58 heteroatoms. The van der Waals surface area contributed by atoms with Crippen LogP contribution in [0.5, 0.6) is 0 Å². The highest BCUT2D eigenvalue weighted by Crippen LogP contribution is 2.66. The number of aromatic amines is 4. The third-order valence-electron chi connectivity index (χ3n) is 21.7. The van der Waals surface area contributed by atoms with E-state index in [0.29, 0.717) is 0 Å². The maximum Gasteiger partial charge on any atom is 0.386 e. The van der Waals surface area contributed by atoms with Gasteiger partial charge in [-0.25, -0.2) is 39.1 Å². The highest BCUT2D eigenvalue weighted by atomic mass is 32.7. The minimum Gasteiger partial charge on any atom is -0.382 e. The van der Waals surface area contributed by atoms with Crippen LogP contribution in [-0.4, -0.2) is 227 Å². The Kier molecular flexibility index (Phi) is 22.9. The number of H-pyrrole nitrogens is 4. The van der Waals surface area contributed by atoms with Gasteiger partial charge in [-0.15, -0.1) is 0 Å². The van der Waals surface area contributed by atoms with Crippen molar-refractivity contribution < 1.29 is 107 Å². The lowest BCUT2D eigenvalue weighted by Crippen LogP contribution is -2.51. The van der Waals surface area contributed by atoms with Gasteiger partial charge in [0.25, 0.3) is 22.2 Å². The number of hydrogen-bond donors (Lipinski definition) is 12. The highest BCUT2D eigenvalue weighted by molar-refractivity contribution is 8.44. The summed E-state index contributed by atoms with van der Waals surface area (Å²) < 4.78 is 136. The summed E-state index contributed by atoms with van der Waals surface area (Å²) in [6.45, 7) is -14.4. The lowest BCUT2D eigenvalue weighted by atomic mass is 9.85. The van der Waals surface area contributed by atoms with Crippen LogP contribution < -0.4 is 50.8 Å². The molecular formula is C60H78N19O29P5S5. The van der Waals surface area contributed by atoms with Gasteiger partial charge in [0.2, 0.25) is 11.9 Å². The van der Waals surface area contributed by atoms with E-state index < -0.39 is 221 Å². The van der Waals surface area contributed by atoms with Gasteiger partial charge in [0.15, 0.2) is 52.5 Å². The Hall–Kier alpha value is -5.69. The molecule has 8 aromatic heterocycles. The van der Waals surface area contributed by atoms with Crippen LogP contribution in [0, 0.1) is 19.8 Å². The van der Waals surface area contributed by atoms with Crippen molar-refractivity contribution in [2.45, 2.75) is 195 Å². The summed E-state index contributed by atoms with van der Waals surface area (Å²) in [4.78, 5) is 165. The summed E-state index contributed by atoms with van der Waals surface area (Å²) in [6, 6.07) is 0. The summed E-state index contributed by atoms with van der Waals surface area (Å²) in [5.74, 6) is -0.587. The van der Waals surface area contributed by atoms with Crippen molar-refractivity contribution in [1.82, 2.24) is 77.7 Å². The molecule has 0 amide bonds. The van der Waals surface area contributed by atoms with Crippen molar-refractivity contribution in [3.8, 4) is 0 Å². The maximum atomic E-state index is 15.6. The Morgan fingerprint density at radius 2 is 0.958 bits per heavy atom. The van der Waals surface area contributed by atoms with E-state index in [2.05, 4.69) is 67.1 Å². The van der Waals surface area contributed by atoms with E-state index in [1.807, 2.05) is 13.8 Å². The number of aryl methyl sites for hydroxylation is 2. The molecule has 14 N–H and O–H groups in total. The molecule has 26 atom stereocenters. The summed E-state index contributed by atoms with van der Waals surface area (Å²) in [5, 5.41) is 0. The number of anilines is 3. The zero-order chi connectivity index (χ0) is 84.4. The number of nitrogens with two attached hydrogens (primary N) is 3. The van der Waals surface area contributed by atoms with Gasteiger partial charge in [0.05, 0.1) is 75.9 Å². The standard InChI is InChI=1S/C60H78N19O29P5S5/c1-22(2)11-58-25(5)96-37(53(101-58)79-21-68-36-46(79)70-55(63)72-50(36)83)40(58)106-112(89,117)94-16-59-26(6)97-38(51(102-59)76-13-24(4)48(81)74-57(76)85)41(59)108-113(90,118)95-17-60-27(7)98-39(52(103-60)78-20-66-34-43(61)64-18-65-44(34)78)42(60)107-111(88,116)93-15-31-29(10-33(100-31)77-19-67-35-45(77)69-54(62)71-49(35)82)105-110(87,115)92-14-30-28(104-109(86,114)91-8)9-32(99-30)75-12-23(3)47(80)73-56(75)84/h12-13,18-22,25-33,37-42,51-53H,9-11,14-17H2,1-8H3,(H,86,114)(H,87,115)(H,88,116)(H,89,117)(H,90,118)(H2,61,64,65)(H,73,80,84)(H,74,81,85)(H3,62,69,71,82)(H3,63,70,72,83)/t25-,26-,27-,28+,29+,30+,31+,32+,33+,37?,38?,39?,40+,41+,42+,51+,52+,53+,58-,59-,60-,109?,110?,111?,112?,113?/m0/s1. The summed E-state index contributed by atoms with van der Waals surface area (Å²) >= 11 is 26.9. The molecule has 8 aliphatic rings. The third-order valence-corrected chi connectivity index (χ3v) is 29.6. The molecule has 8 fully saturated rings. The van der Waals surface area contributed by atoms with E-state index in [1.54, 1.807) is 6.92 Å². The fourth-order valence-corrected chi connectivity index (χ4v) is 23.0. The molecule has 8 aromatic rings. The van der Waals surface area contributed by atoms with Gasteiger partial charge in [0, 0.05) is 43.5 Å². The number of thiol groups is 1. The van der Waals surface area contributed by atoms with Gasteiger partial charge in [-0.3, -0.25) is 80.0 Å². The predicted octanol–water partition coefficient (Wildman–Crippen LogP) is 0.886. The van der Waals surface area contributed by atoms with Crippen LogP contribution in [0.2, 0.25) is 0 Å². The molecule has 8 saturated heterocycles. The molecule has 6 bridgehead atoms. The van der Waals surface area contributed by atoms with Crippen molar-refractivity contribution in [1.29, 1.82) is 0 Å². The molecule has 16 rings (SSSR count). The van der Waals surface area contributed by atoms with Crippen LogP contribution >= 0.6 is 45.9 Å². The average Bonchev–Trinajstić information content (AvgIpc) is 1.55. The number of nitrogen functional groups attached to an aromatic ring is 3. The average molecular weight is 1840 g/mol. The molecule has 0 spiro atoms. The van der Waals surface area contributed by atoms with Gasteiger partial charge in [-0.2, -0.15) is 9.97 Å². The van der Waals surface area contributed by atoms with Crippen LogP contribution in [0.25, 0.3) is 33.5 Å². The van der Waals surface area contributed by atoms with Gasteiger partial charge in [-0.05, 0) is 94.2 Å².